The van der Waals surface area contributed by atoms with Crippen molar-refractivity contribution in [1.29, 1.82) is 0 Å². The smallest absolute Gasteiger partial charge is 0.225 e. The quantitative estimate of drug-likeness (QED) is 0.516. The highest BCUT2D eigenvalue weighted by molar-refractivity contribution is 5.67. The highest BCUT2D eigenvalue weighted by Gasteiger charge is 2.07. The zero-order valence-corrected chi connectivity index (χ0v) is 12.8. The largest absolute Gasteiger partial charge is 0.508 e. The highest BCUT2D eigenvalue weighted by atomic mass is 16.3. The van der Waals surface area contributed by atoms with Gasteiger partial charge in [0.1, 0.15) is 11.6 Å². The van der Waals surface area contributed by atoms with E-state index < -0.39 is 0 Å². The highest BCUT2D eigenvalue weighted by Crippen LogP contribution is 2.24. The molecular weight excluding hydrogens is 306 g/mol. The van der Waals surface area contributed by atoms with E-state index in [0.29, 0.717) is 18.3 Å². The fraction of sp³-hybridized carbons (Fsp3) is 0.118. The maximum Gasteiger partial charge on any atom is 0.225 e. The van der Waals surface area contributed by atoms with E-state index in [1.165, 1.54) is 0 Å². The minimum atomic E-state index is -0.0103. The Morgan fingerprint density at radius 2 is 1.71 bits per heavy atom. The van der Waals surface area contributed by atoms with Crippen molar-refractivity contribution < 1.29 is 10.2 Å². The van der Waals surface area contributed by atoms with Gasteiger partial charge in [0.05, 0.1) is 12.3 Å². The maximum absolute atomic E-state index is 9.36. The predicted octanol–water partition coefficient (Wildman–Crippen LogP) is 2.39. The number of aliphatic hydroxyl groups is 1. The number of nitrogens with zero attached hydrogens (tertiary/aromatic N) is 3. The number of nitrogens with one attached hydrogen (secondary N) is 2. The summed E-state index contributed by atoms with van der Waals surface area (Å²) in [4.78, 5) is 12.9. The van der Waals surface area contributed by atoms with Crippen LogP contribution in [0.5, 0.6) is 5.75 Å². The van der Waals surface area contributed by atoms with Gasteiger partial charge in [0.25, 0.3) is 0 Å². The molecule has 0 saturated carbocycles. The maximum atomic E-state index is 9.36. The number of phenolic OH excluding ortho intramolecular Hbond substituents is 1. The number of benzene rings is 1. The molecular formula is C17H17N5O2. The Balaban J connectivity index is 1.93. The van der Waals surface area contributed by atoms with Crippen molar-refractivity contribution in [3.05, 3.63) is 54.9 Å². The van der Waals surface area contributed by atoms with E-state index in [-0.39, 0.29) is 12.4 Å². The summed E-state index contributed by atoms with van der Waals surface area (Å²) in [6.45, 7) is 0.349. The van der Waals surface area contributed by atoms with E-state index >= 15 is 0 Å². The van der Waals surface area contributed by atoms with Crippen molar-refractivity contribution >= 4 is 17.5 Å². The summed E-state index contributed by atoms with van der Waals surface area (Å²) in [5.41, 5.74) is 2.43. The van der Waals surface area contributed by atoms with Crippen molar-refractivity contribution in [2.45, 2.75) is 0 Å². The first-order valence-electron chi connectivity index (χ1n) is 7.45. The molecule has 0 amide bonds. The van der Waals surface area contributed by atoms with Crippen LogP contribution in [0.15, 0.2) is 54.9 Å². The molecule has 1 aromatic carbocycles. The number of hydrogen-bond donors (Lipinski definition) is 4. The molecule has 0 radical (unpaired) electrons. The molecule has 0 aliphatic heterocycles. The molecule has 7 heteroatoms. The second-order valence-electron chi connectivity index (χ2n) is 5.02. The first-order chi connectivity index (χ1) is 11.7. The van der Waals surface area contributed by atoms with Crippen molar-refractivity contribution in [3.63, 3.8) is 0 Å². The van der Waals surface area contributed by atoms with E-state index in [0.717, 1.165) is 16.9 Å². The molecule has 24 heavy (non-hydrogen) atoms. The Bertz CT molecular complexity index is 794. The molecule has 4 N–H and O–H groups in total. The molecule has 0 aliphatic carbocycles. The predicted molar refractivity (Wildman–Crippen MR) is 92.2 cm³/mol. The van der Waals surface area contributed by atoms with Crippen molar-refractivity contribution in [1.82, 2.24) is 15.0 Å². The van der Waals surface area contributed by atoms with Gasteiger partial charge in [-0.25, -0.2) is 4.98 Å². The number of rotatable bonds is 6. The van der Waals surface area contributed by atoms with Gasteiger partial charge in [0.2, 0.25) is 5.95 Å². The molecule has 0 bridgehead atoms. The van der Waals surface area contributed by atoms with Crippen LogP contribution >= 0.6 is 0 Å². The molecule has 3 aromatic rings. The third kappa shape index (κ3) is 3.96. The molecule has 0 spiro atoms. The minimum Gasteiger partial charge on any atom is -0.508 e. The normalized spacial score (nSPS) is 10.4. The van der Waals surface area contributed by atoms with Crippen molar-refractivity contribution in [2.24, 2.45) is 0 Å². The van der Waals surface area contributed by atoms with Gasteiger partial charge in [-0.3, -0.25) is 4.98 Å². The second kappa shape index (κ2) is 7.38. The molecule has 0 fully saturated rings. The average molecular weight is 323 g/mol. The summed E-state index contributed by atoms with van der Waals surface area (Å²) < 4.78 is 0. The van der Waals surface area contributed by atoms with Crippen LogP contribution in [0, 0.1) is 0 Å². The summed E-state index contributed by atoms with van der Waals surface area (Å²) in [5.74, 6) is 1.22. The number of hydrogen-bond acceptors (Lipinski definition) is 7. The molecule has 0 aliphatic rings. The average Bonchev–Trinajstić information content (AvgIpc) is 2.62. The fourth-order valence-corrected chi connectivity index (χ4v) is 2.12. The lowest BCUT2D eigenvalue weighted by molar-refractivity contribution is 0.311. The van der Waals surface area contributed by atoms with Crippen LogP contribution in [0.1, 0.15) is 0 Å². The molecule has 0 saturated heterocycles. The van der Waals surface area contributed by atoms with Gasteiger partial charge in [-0.05, 0) is 36.4 Å². The first-order valence-corrected chi connectivity index (χ1v) is 7.45. The Labute approximate surface area is 139 Å². The lowest BCUT2D eigenvalue weighted by Gasteiger charge is -2.11. The standard InChI is InChI=1S/C17H17N5O2/c23-10-9-19-17-21-15(12-5-7-18-8-6-12)11-16(22-17)20-13-1-3-14(24)4-2-13/h1-8,11,23-24H,9-10H2,(H2,19,20,21,22). The van der Waals surface area contributed by atoms with Gasteiger partial charge in [0.15, 0.2) is 0 Å². The molecule has 7 nitrogen and oxygen atoms in total. The molecule has 2 heterocycles. The van der Waals surface area contributed by atoms with E-state index in [2.05, 4.69) is 25.6 Å². The monoisotopic (exact) mass is 323 g/mol. The fourth-order valence-electron chi connectivity index (χ4n) is 2.12. The summed E-state index contributed by atoms with van der Waals surface area (Å²) in [5, 5.41) is 24.5. The van der Waals surface area contributed by atoms with Crippen LogP contribution < -0.4 is 10.6 Å². The van der Waals surface area contributed by atoms with Gasteiger partial charge < -0.3 is 20.8 Å². The Hall–Kier alpha value is -3.19. The summed E-state index contributed by atoms with van der Waals surface area (Å²) >= 11 is 0. The van der Waals surface area contributed by atoms with Gasteiger partial charge >= 0.3 is 0 Å². The van der Waals surface area contributed by atoms with Crippen LogP contribution in [0.25, 0.3) is 11.3 Å². The van der Waals surface area contributed by atoms with Gasteiger partial charge in [0, 0.05) is 36.3 Å². The third-order valence-corrected chi connectivity index (χ3v) is 3.24. The van der Waals surface area contributed by atoms with Gasteiger partial charge in [-0.15, -0.1) is 0 Å². The van der Waals surface area contributed by atoms with Crippen LogP contribution in [0.3, 0.4) is 0 Å². The molecule has 3 rings (SSSR count). The molecule has 122 valence electrons. The number of aromatic hydroxyl groups is 1. The number of aliphatic hydroxyl groups excluding tert-OH is 1. The van der Waals surface area contributed by atoms with E-state index in [1.807, 2.05) is 18.2 Å². The Kier molecular flexibility index (Phi) is 4.83. The molecule has 2 aromatic heterocycles. The lowest BCUT2D eigenvalue weighted by atomic mass is 10.2. The molecule has 0 atom stereocenters. The number of anilines is 3. The number of pyridine rings is 1. The van der Waals surface area contributed by atoms with Crippen LogP contribution in [0.4, 0.5) is 17.5 Å². The Morgan fingerprint density at radius 3 is 2.42 bits per heavy atom. The topological polar surface area (TPSA) is 103 Å². The van der Waals surface area contributed by atoms with E-state index in [1.54, 1.807) is 36.7 Å². The van der Waals surface area contributed by atoms with Crippen molar-refractivity contribution in [2.75, 3.05) is 23.8 Å². The molecule has 0 unspecified atom stereocenters. The zero-order valence-electron chi connectivity index (χ0n) is 12.8. The van der Waals surface area contributed by atoms with Crippen LogP contribution in [-0.2, 0) is 0 Å². The van der Waals surface area contributed by atoms with E-state index in [4.69, 9.17) is 5.11 Å². The van der Waals surface area contributed by atoms with Crippen molar-refractivity contribution in [3.8, 4) is 17.0 Å². The minimum absolute atomic E-state index is 0.0103. The zero-order chi connectivity index (χ0) is 16.8. The first kappa shape index (κ1) is 15.7. The summed E-state index contributed by atoms with van der Waals surface area (Å²) in [7, 11) is 0. The lowest BCUT2D eigenvalue weighted by Crippen LogP contribution is -2.10. The van der Waals surface area contributed by atoms with Gasteiger partial charge in [-0.1, -0.05) is 0 Å². The SMILES string of the molecule is OCCNc1nc(Nc2ccc(O)cc2)cc(-c2ccncc2)n1. The number of aromatic nitrogens is 3. The number of phenols is 1. The van der Waals surface area contributed by atoms with Crippen LogP contribution in [-0.4, -0.2) is 38.3 Å². The van der Waals surface area contributed by atoms with Gasteiger partial charge in [-0.2, -0.15) is 4.98 Å². The van der Waals surface area contributed by atoms with Crippen LogP contribution in [0.2, 0.25) is 0 Å². The summed E-state index contributed by atoms with van der Waals surface area (Å²) in [6, 6.07) is 12.3. The third-order valence-electron chi connectivity index (χ3n) is 3.24. The Morgan fingerprint density at radius 1 is 0.958 bits per heavy atom. The van der Waals surface area contributed by atoms with E-state index in [9.17, 15) is 5.11 Å². The second-order valence-corrected chi connectivity index (χ2v) is 5.02. The summed E-state index contributed by atoms with van der Waals surface area (Å²) in [6.07, 6.45) is 3.40.